The highest BCUT2D eigenvalue weighted by molar-refractivity contribution is 5.94. The van der Waals surface area contributed by atoms with E-state index < -0.39 is 6.10 Å². The topological polar surface area (TPSA) is 61.9 Å². The lowest BCUT2D eigenvalue weighted by Gasteiger charge is -2.36. The first-order valence-electron chi connectivity index (χ1n) is 12.6. The van der Waals surface area contributed by atoms with Gasteiger partial charge in [-0.25, -0.2) is 4.39 Å². The fourth-order valence-corrected chi connectivity index (χ4v) is 3.29. The zero-order chi connectivity index (χ0) is 27.7. The molecule has 2 rings (SSSR count). The molecule has 0 aliphatic carbocycles. The number of halogens is 1. The fraction of sp³-hybridized carbons (Fsp3) is 0.448. The average molecular weight is 502 g/mol. The van der Waals surface area contributed by atoms with Crippen molar-refractivity contribution < 1.29 is 18.7 Å². The van der Waals surface area contributed by atoms with Gasteiger partial charge in [-0.3, -0.25) is 14.5 Å². The summed E-state index contributed by atoms with van der Waals surface area (Å²) in [5, 5.41) is 2.58. The molecule has 0 bridgehead atoms. The molecule has 1 aromatic carbocycles. The van der Waals surface area contributed by atoms with Gasteiger partial charge in [0.2, 0.25) is 5.91 Å². The standard InChI is InChI=1S/C25H32FN3O3.2C2H6/c1-6-19(16-22(26)18(3)4)23(17-28-12-14-29(15-13-28)24(30)7-2)32-21-10-8-20(9-11-21)25(31)27-5;2*1-2/h6-11,16,23H,1-2,12-15,17H2,3-5H3,(H,27,31);2*1-2H3/b19-16+;;. The Hall–Kier alpha value is -3.19. The highest BCUT2D eigenvalue weighted by atomic mass is 19.1. The van der Waals surface area contributed by atoms with Gasteiger partial charge >= 0.3 is 0 Å². The van der Waals surface area contributed by atoms with E-state index in [2.05, 4.69) is 23.4 Å². The molecule has 0 radical (unpaired) electrons. The Morgan fingerprint density at radius 1 is 1.03 bits per heavy atom. The number of piperazine rings is 1. The SMILES string of the molecule is C=CC(=O)N1CCN(CC(Oc2ccc(C(=O)NC)cc2)/C(C=C)=C/C(F)=C(C)C)CC1.CC.CC. The van der Waals surface area contributed by atoms with Crippen molar-refractivity contribution in [1.82, 2.24) is 15.1 Å². The van der Waals surface area contributed by atoms with Crippen molar-refractivity contribution in [3.8, 4) is 5.75 Å². The first kappa shape index (κ1) is 32.8. The molecule has 6 nitrogen and oxygen atoms in total. The Kier molecular flexibility index (Phi) is 16.5. The van der Waals surface area contributed by atoms with Crippen LogP contribution in [0.1, 0.15) is 51.9 Å². The highest BCUT2D eigenvalue weighted by Gasteiger charge is 2.24. The summed E-state index contributed by atoms with van der Waals surface area (Å²) in [5.41, 5.74) is 1.70. The molecule has 200 valence electrons. The van der Waals surface area contributed by atoms with Crippen molar-refractivity contribution in [3.05, 3.63) is 78.2 Å². The quantitative estimate of drug-likeness (QED) is 0.356. The maximum Gasteiger partial charge on any atom is 0.251 e. The van der Waals surface area contributed by atoms with Crippen molar-refractivity contribution in [2.45, 2.75) is 47.6 Å². The Balaban J connectivity index is 0.00000291. The van der Waals surface area contributed by atoms with E-state index in [0.717, 1.165) is 0 Å². The van der Waals surface area contributed by atoms with E-state index in [-0.39, 0.29) is 17.6 Å². The summed E-state index contributed by atoms with van der Waals surface area (Å²) in [5.74, 6) is -0.0262. The number of nitrogens with zero attached hydrogens (tertiary/aromatic N) is 2. The van der Waals surface area contributed by atoms with E-state index in [1.807, 2.05) is 27.7 Å². The number of benzene rings is 1. The minimum atomic E-state index is -0.481. The molecule has 0 saturated carbocycles. The summed E-state index contributed by atoms with van der Waals surface area (Å²) in [7, 11) is 1.57. The second kappa shape index (κ2) is 18.1. The second-order valence-corrected chi connectivity index (χ2v) is 7.74. The van der Waals surface area contributed by atoms with E-state index in [4.69, 9.17) is 4.74 Å². The van der Waals surface area contributed by atoms with E-state index in [1.165, 1.54) is 12.2 Å². The fourth-order valence-electron chi connectivity index (χ4n) is 3.29. The van der Waals surface area contributed by atoms with E-state index in [1.54, 1.807) is 56.1 Å². The highest BCUT2D eigenvalue weighted by Crippen LogP contribution is 2.21. The maximum atomic E-state index is 14.4. The van der Waals surface area contributed by atoms with Crippen LogP contribution in [-0.4, -0.2) is 67.5 Å². The summed E-state index contributed by atoms with van der Waals surface area (Å²) in [6.07, 6.45) is 3.89. The summed E-state index contributed by atoms with van der Waals surface area (Å²) < 4.78 is 20.6. The molecule has 1 heterocycles. The third-order valence-corrected chi connectivity index (χ3v) is 5.28. The van der Waals surface area contributed by atoms with Gasteiger partial charge < -0.3 is 15.0 Å². The van der Waals surface area contributed by atoms with Crippen molar-refractivity contribution >= 4 is 11.8 Å². The van der Waals surface area contributed by atoms with Crippen LogP contribution in [0.2, 0.25) is 0 Å². The molecule has 0 aromatic heterocycles. The predicted octanol–water partition coefficient (Wildman–Crippen LogP) is 5.55. The maximum absolute atomic E-state index is 14.4. The minimum absolute atomic E-state index is 0.0778. The summed E-state index contributed by atoms with van der Waals surface area (Å²) in [6, 6.07) is 6.80. The van der Waals surface area contributed by atoms with Gasteiger partial charge in [0.1, 0.15) is 17.7 Å². The van der Waals surface area contributed by atoms with Crippen LogP contribution in [-0.2, 0) is 4.79 Å². The number of carbonyl (C=O) groups is 2. The third kappa shape index (κ3) is 10.6. The number of amides is 2. The Bertz CT molecular complexity index is 895. The Morgan fingerprint density at radius 3 is 2.03 bits per heavy atom. The van der Waals surface area contributed by atoms with Crippen LogP contribution < -0.4 is 10.1 Å². The van der Waals surface area contributed by atoms with Crippen LogP contribution in [0.4, 0.5) is 4.39 Å². The van der Waals surface area contributed by atoms with Crippen molar-refractivity contribution in [2.75, 3.05) is 39.8 Å². The van der Waals surface area contributed by atoms with Gasteiger partial charge in [0.05, 0.1) is 0 Å². The monoisotopic (exact) mass is 501 g/mol. The zero-order valence-electron chi connectivity index (χ0n) is 23.1. The first-order valence-corrected chi connectivity index (χ1v) is 12.6. The van der Waals surface area contributed by atoms with Crippen LogP contribution in [0.3, 0.4) is 0 Å². The van der Waals surface area contributed by atoms with Gasteiger partial charge in [-0.05, 0) is 61.4 Å². The number of carbonyl (C=O) groups excluding carboxylic acids is 2. The van der Waals surface area contributed by atoms with Gasteiger partial charge in [-0.15, -0.1) is 0 Å². The minimum Gasteiger partial charge on any atom is -0.484 e. The van der Waals surface area contributed by atoms with Crippen molar-refractivity contribution in [2.24, 2.45) is 0 Å². The average Bonchev–Trinajstić information content (AvgIpc) is 2.93. The number of rotatable bonds is 9. The van der Waals surface area contributed by atoms with Gasteiger partial charge in [-0.1, -0.05) is 46.9 Å². The first-order chi connectivity index (χ1) is 17.3. The van der Waals surface area contributed by atoms with Crippen molar-refractivity contribution in [1.29, 1.82) is 0 Å². The van der Waals surface area contributed by atoms with Gasteiger partial charge in [0, 0.05) is 45.3 Å². The molecule has 1 aliphatic rings. The molecule has 1 fully saturated rings. The lowest BCUT2D eigenvalue weighted by molar-refractivity contribution is -0.127. The molecule has 1 aliphatic heterocycles. The van der Waals surface area contributed by atoms with Crippen LogP contribution in [0.15, 0.2) is 72.6 Å². The molecule has 1 aromatic rings. The number of allylic oxidation sites excluding steroid dienone is 3. The number of ether oxygens (including phenoxy) is 1. The van der Waals surface area contributed by atoms with Gasteiger partial charge in [-0.2, -0.15) is 0 Å². The number of nitrogens with one attached hydrogen (secondary N) is 1. The summed E-state index contributed by atoms with van der Waals surface area (Å²) in [4.78, 5) is 27.6. The molecule has 1 N–H and O–H groups in total. The molecule has 7 heteroatoms. The van der Waals surface area contributed by atoms with Crippen molar-refractivity contribution in [3.63, 3.8) is 0 Å². The molecule has 0 spiro atoms. The van der Waals surface area contributed by atoms with E-state index in [0.29, 0.717) is 55.2 Å². The molecule has 36 heavy (non-hydrogen) atoms. The lowest BCUT2D eigenvalue weighted by Crippen LogP contribution is -2.50. The molecular formula is C29H44FN3O3. The predicted molar refractivity (Wildman–Crippen MR) is 148 cm³/mol. The summed E-state index contributed by atoms with van der Waals surface area (Å²) >= 11 is 0. The molecule has 1 unspecified atom stereocenters. The van der Waals surface area contributed by atoms with Crippen LogP contribution in [0.5, 0.6) is 5.75 Å². The Labute approximate surface area is 217 Å². The zero-order valence-corrected chi connectivity index (χ0v) is 23.1. The van der Waals surface area contributed by atoms with Gasteiger partial charge in [0.15, 0.2) is 0 Å². The smallest absolute Gasteiger partial charge is 0.251 e. The van der Waals surface area contributed by atoms with E-state index in [9.17, 15) is 14.0 Å². The Morgan fingerprint density at radius 2 is 1.58 bits per heavy atom. The van der Waals surface area contributed by atoms with Crippen LogP contribution in [0, 0.1) is 0 Å². The lowest BCUT2D eigenvalue weighted by atomic mass is 10.1. The second-order valence-electron chi connectivity index (χ2n) is 7.74. The molecule has 1 saturated heterocycles. The van der Waals surface area contributed by atoms with Gasteiger partial charge in [0.25, 0.3) is 5.91 Å². The largest absolute Gasteiger partial charge is 0.484 e. The number of hydrogen-bond acceptors (Lipinski definition) is 4. The number of hydrogen-bond donors (Lipinski definition) is 1. The third-order valence-electron chi connectivity index (χ3n) is 5.28. The van der Waals surface area contributed by atoms with E-state index >= 15 is 0 Å². The summed E-state index contributed by atoms with van der Waals surface area (Å²) in [6.45, 7) is 21.8. The normalized spacial score (nSPS) is 14.1. The molecular weight excluding hydrogens is 457 g/mol. The van der Waals surface area contributed by atoms with Crippen LogP contribution in [0.25, 0.3) is 0 Å². The van der Waals surface area contributed by atoms with Crippen LogP contribution >= 0.6 is 0 Å². The molecule has 2 amide bonds. The molecule has 1 atom stereocenters.